The fraction of sp³-hybridized carbons (Fsp3) is 0.308. The van der Waals surface area contributed by atoms with E-state index in [9.17, 15) is 9.18 Å². The van der Waals surface area contributed by atoms with Gasteiger partial charge in [0.05, 0.1) is 6.61 Å². The normalized spacial score (nSPS) is 11.0. The molecule has 1 aromatic rings. The van der Waals surface area contributed by atoms with Crippen LogP contribution >= 0.6 is 11.8 Å². The van der Waals surface area contributed by atoms with Crippen LogP contribution in [0.5, 0.6) is 0 Å². The minimum absolute atomic E-state index is 0.0943. The van der Waals surface area contributed by atoms with Crippen molar-refractivity contribution in [3.05, 3.63) is 41.2 Å². The molecule has 1 rings (SSSR count). The lowest BCUT2D eigenvalue weighted by atomic mass is 10.1. The summed E-state index contributed by atoms with van der Waals surface area (Å²) in [5.41, 5.74) is 1.06. The molecule has 0 spiro atoms. The highest BCUT2D eigenvalue weighted by molar-refractivity contribution is 8.13. The van der Waals surface area contributed by atoms with Crippen LogP contribution in [0.15, 0.2) is 24.3 Å². The number of hydrogen-bond donors (Lipinski definition) is 1. The molecule has 2 nitrogen and oxygen atoms in total. The van der Waals surface area contributed by atoms with Gasteiger partial charge < -0.3 is 5.11 Å². The Hall–Kier alpha value is -1.13. The summed E-state index contributed by atoms with van der Waals surface area (Å²) >= 11 is 1.26. The number of carbonyl (C=O) groups excluding carboxylic acids is 1. The standard InChI is InChI=1S/C13H15FO2S/c1-10(16)17-7-3-2-4-12-6-5-11(9-15)8-13(12)14/h2,4-6,8,15H,3,7,9H2,1H3. The van der Waals surface area contributed by atoms with Crippen LogP contribution in [0.2, 0.25) is 0 Å². The number of halogens is 1. The second-order valence-electron chi connectivity index (χ2n) is 3.55. The fourth-order valence-electron chi connectivity index (χ4n) is 1.29. The molecule has 0 aliphatic heterocycles. The van der Waals surface area contributed by atoms with E-state index in [2.05, 4.69) is 0 Å². The van der Waals surface area contributed by atoms with Crippen LogP contribution in [0.4, 0.5) is 4.39 Å². The molecule has 0 aromatic heterocycles. The molecule has 0 atom stereocenters. The molecule has 4 heteroatoms. The molecule has 0 bridgehead atoms. The SMILES string of the molecule is CC(=O)SCCC=Cc1ccc(CO)cc1F. The van der Waals surface area contributed by atoms with Crippen LogP contribution in [-0.2, 0) is 11.4 Å². The molecule has 0 radical (unpaired) electrons. The number of benzene rings is 1. The Morgan fingerprint density at radius 2 is 2.29 bits per heavy atom. The van der Waals surface area contributed by atoms with Crippen molar-refractivity contribution in [1.82, 2.24) is 0 Å². The number of rotatable bonds is 5. The summed E-state index contributed by atoms with van der Waals surface area (Å²) in [6.45, 7) is 1.37. The Balaban J connectivity index is 2.50. The Morgan fingerprint density at radius 1 is 1.53 bits per heavy atom. The fourth-order valence-corrected chi connectivity index (χ4v) is 1.83. The van der Waals surface area contributed by atoms with Gasteiger partial charge in [0.1, 0.15) is 5.82 Å². The molecule has 0 amide bonds. The van der Waals surface area contributed by atoms with Gasteiger partial charge in [0.15, 0.2) is 5.12 Å². The number of aliphatic hydroxyl groups excluding tert-OH is 1. The number of thioether (sulfide) groups is 1. The summed E-state index contributed by atoms with van der Waals surface area (Å²) in [4.78, 5) is 10.7. The Morgan fingerprint density at radius 3 is 2.88 bits per heavy atom. The Labute approximate surface area is 105 Å². The highest BCUT2D eigenvalue weighted by Crippen LogP contribution is 2.13. The van der Waals surface area contributed by atoms with E-state index in [0.29, 0.717) is 16.9 Å². The first-order valence-corrected chi connectivity index (χ1v) is 6.31. The van der Waals surface area contributed by atoms with Crippen LogP contribution in [0.3, 0.4) is 0 Å². The largest absolute Gasteiger partial charge is 0.392 e. The predicted molar refractivity (Wildman–Crippen MR) is 69.1 cm³/mol. The van der Waals surface area contributed by atoms with Gasteiger partial charge in [0, 0.05) is 18.2 Å². The van der Waals surface area contributed by atoms with Crippen molar-refractivity contribution in [1.29, 1.82) is 0 Å². The number of allylic oxidation sites excluding steroid dienone is 1. The van der Waals surface area contributed by atoms with Crippen LogP contribution in [-0.4, -0.2) is 16.0 Å². The number of hydrogen-bond acceptors (Lipinski definition) is 3. The Kier molecular flexibility index (Phi) is 5.94. The van der Waals surface area contributed by atoms with Crippen molar-refractivity contribution in [3.8, 4) is 0 Å². The first-order chi connectivity index (χ1) is 8.13. The van der Waals surface area contributed by atoms with Gasteiger partial charge in [-0.1, -0.05) is 36.0 Å². The van der Waals surface area contributed by atoms with Crippen molar-refractivity contribution in [2.75, 3.05) is 5.75 Å². The molecule has 0 saturated carbocycles. The van der Waals surface area contributed by atoms with Crippen molar-refractivity contribution < 1.29 is 14.3 Å². The van der Waals surface area contributed by atoms with E-state index in [1.54, 1.807) is 18.2 Å². The van der Waals surface area contributed by atoms with E-state index in [0.717, 1.165) is 6.42 Å². The summed E-state index contributed by atoms with van der Waals surface area (Å²) in [6, 6.07) is 4.65. The molecule has 0 fully saturated rings. The molecule has 0 aliphatic rings. The van der Waals surface area contributed by atoms with Crippen LogP contribution < -0.4 is 0 Å². The molecular formula is C13H15FO2S. The molecule has 17 heavy (non-hydrogen) atoms. The average molecular weight is 254 g/mol. The molecule has 0 unspecified atom stereocenters. The molecule has 1 aromatic carbocycles. The van der Waals surface area contributed by atoms with Crippen molar-refractivity contribution in [2.24, 2.45) is 0 Å². The van der Waals surface area contributed by atoms with E-state index in [4.69, 9.17) is 5.11 Å². The lowest BCUT2D eigenvalue weighted by Crippen LogP contribution is -1.88. The molecule has 0 heterocycles. The minimum Gasteiger partial charge on any atom is -0.392 e. The van der Waals surface area contributed by atoms with Crippen LogP contribution in [0.1, 0.15) is 24.5 Å². The van der Waals surface area contributed by atoms with Gasteiger partial charge in [-0.3, -0.25) is 4.79 Å². The van der Waals surface area contributed by atoms with Gasteiger partial charge >= 0.3 is 0 Å². The van der Waals surface area contributed by atoms with E-state index in [-0.39, 0.29) is 17.5 Å². The third kappa shape index (κ3) is 5.15. The second-order valence-corrected chi connectivity index (χ2v) is 4.82. The van der Waals surface area contributed by atoms with Crippen molar-refractivity contribution in [3.63, 3.8) is 0 Å². The number of carbonyl (C=O) groups is 1. The molecule has 0 saturated heterocycles. The maximum absolute atomic E-state index is 13.5. The molecule has 92 valence electrons. The zero-order valence-corrected chi connectivity index (χ0v) is 10.5. The van der Waals surface area contributed by atoms with E-state index in [1.807, 2.05) is 6.08 Å². The average Bonchev–Trinajstić information content (AvgIpc) is 2.30. The van der Waals surface area contributed by atoms with Gasteiger partial charge in [-0.2, -0.15) is 0 Å². The van der Waals surface area contributed by atoms with Gasteiger partial charge in [-0.05, 0) is 18.1 Å². The van der Waals surface area contributed by atoms with Crippen LogP contribution in [0.25, 0.3) is 6.08 Å². The van der Waals surface area contributed by atoms with Gasteiger partial charge in [0.2, 0.25) is 0 Å². The molecule has 0 aliphatic carbocycles. The number of aliphatic hydroxyl groups is 1. The van der Waals surface area contributed by atoms with Gasteiger partial charge in [-0.25, -0.2) is 4.39 Å². The quantitative estimate of drug-likeness (QED) is 0.821. The van der Waals surface area contributed by atoms with E-state index < -0.39 is 0 Å². The lowest BCUT2D eigenvalue weighted by molar-refractivity contribution is -0.109. The smallest absolute Gasteiger partial charge is 0.185 e. The third-order valence-corrected chi connectivity index (χ3v) is 2.98. The lowest BCUT2D eigenvalue weighted by Gasteiger charge is -2.00. The van der Waals surface area contributed by atoms with Gasteiger partial charge in [0.25, 0.3) is 0 Å². The predicted octanol–water partition coefficient (Wildman–Crippen LogP) is 3.00. The van der Waals surface area contributed by atoms with E-state index in [1.165, 1.54) is 24.8 Å². The van der Waals surface area contributed by atoms with E-state index >= 15 is 0 Å². The van der Waals surface area contributed by atoms with Crippen LogP contribution in [0, 0.1) is 5.82 Å². The zero-order valence-electron chi connectivity index (χ0n) is 9.65. The first kappa shape index (κ1) is 13.9. The monoisotopic (exact) mass is 254 g/mol. The summed E-state index contributed by atoms with van der Waals surface area (Å²) in [6.07, 6.45) is 4.26. The zero-order chi connectivity index (χ0) is 12.7. The van der Waals surface area contributed by atoms with Gasteiger partial charge in [-0.15, -0.1) is 0 Å². The molecular weight excluding hydrogens is 239 g/mol. The summed E-state index contributed by atoms with van der Waals surface area (Å²) in [7, 11) is 0. The third-order valence-electron chi connectivity index (χ3n) is 2.13. The molecule has 1 N–H and O–H groups in total. The highest BCUT2D eigenvalue weighted by atomic mass is 32.2. The second kappa shape index (κ2) is 7.25. The van der Waals surface area contributed by atoms with Crippen molar-refractivity contribution >= 4 is 23.0 Å². The summed E-state index contributed by atoms with van der Waals surface area (Å²) in [5.74, 6) is 0.370. The summed E-state index contributed by atoms with van der Waals surface area (Å²) < 4.78 is 13.5. The highest BCUT2D eigenvalue weighted by Gasteiger charge is 1.99. The first-order valence-electron chi connectivity index (χ1n) is 5.32. The Bertz CT molecular complexity index is 416. The topological polar surface area (TPSA) is 37.3 Å². The van der Waals surface area contributed by atoms with Crippen molar-refractivity contribution in [2.45, 2.75) is 20.0 Å². The summed E-state index contributed by atoms with van der Waals surface area (Å²) in [5, 5.41) is 8.93. The maximum atomic E-state index is 13.5. The minimum atomic E-state index is -0.341. The maximum Gasteiger partial charge on any atom is 0.185 e.